The molecule has 3 aliphatic carbocycles. The quantitative estimate of drug-likeness (QED) is 0.275. The molecule has 0 aromatic heterocycles. The predicted molar refractivity (Wildman–Crippen MR) is 334 cm³/mol. The van der Waals surface area contributed by atoms with E-state index in [4.69, 9.17) is 0 Å². The van der Waals surface area contributed by atoms with Gasteiger partial charge in [0, 0.05) is 151 Å². The molecule has 2 atom stereocenters. The number of likely N-dealkylation sites (tertiary alicyclic amines) is 2. The number of rotatable bonds is 4. The third kappa shape index (κ3) is 13.8. The van der Waals surface area contributed by atoms with Crippen LogP contribution < -0.4 is 0 Å². The van der Waals surface area contributed by atoms with E-state index in [1.165, 1.54) is 117 Å². The number of nitrogens with zero attached hydrogens (tertiary/aromatic N) is 8. The maximum Gasteiger partial charge on any atom is 0.0343 e. The van der Waals surface area contributed by atoms with E-state index in [0.29, 0.717) is 60.3 Å². The van der Waals surface area contributed by atoms with Gasteiger partial charge in [-0.2, -0.15) is 0 Å². The number of fused-ring (bicyclic) bond motifs is 5. The molecule has 2 unspecified atom stereocenters. The van der Waals surface area contributed by atoms with Gasteiger partial charge in [0.05, 0.1) is 0 Å². The van der Waals surface area contributed by atoms with Crippen LogP contribution in [0.25, 0.3) is 0 Å². The summed E-state index contributed by atoms with van der Waals surface area (Å²) in [6.07, 6.45) is 9.67. The molecule has 4 bridgehead atoms. The number of hydrogen-bond acceptors (Lipinski definition) is 8. The minimum atomic E-state index is 0.264. The fraction of sp³-hybridized carbons (Fsp3) is 1.00. The van der Waals surface area contributed by atoms with Gasteiger partial charge in [0.25, 0.3) is 0 Å². The van der Waals surface area contributed by atoms with Crippen LogP contribution >= 0.6 is 0 Å². The van der Waals surface area contributed by atoms with Crippen molar-refractivity contribution in [1.82, 2.24) is 39.2 Å². The van der Waals surface area contributed by atoms with Crippen molar-refractivity contribution in [3.8, 4) is 0 Å². The molecule has 9 rings (SSSR count). The molecule has 8 heteroatoms. The highest BCUT2D eigenvalue weighted by Crippen LogP contribution is 2.52. The fourth-order valence-electron chi connectivity index (χ4n) is 14.4. The van der Waals surface area contributed by atoms with Crippen molar-refractivity contribution in [3.63, 3.8) is 0 Å². The van der Waals surface area contributed by atoms with Gasteiger partial charge in [0.15, 0.2) is 0 Å². The van der Waals surface area contributed by atoms with Crippen LogP contribution in [0.3, 0.4) is 0 Å². The lowest BCUT2D eigenvalue weighted by Gasteiger charge is -2.68. The van der Waals surface area contributed by atoms with Crippen molar-refractivity contribution in [3.05, 3.63) is 0 Å². The van der Waals surface area contributed by atoms with E-state index < -0.39 is 0 Å². The van der Waals surface area contributed by atoms with Crippen LogP contribution in [-0.2, 0) is 0 Å². The molecule has 0 N–H and O–H groups in total. The molecule has 0 radical (unpaired) electrons. The third-order valence-electron chi connectivity index (χ3n) is 23.8. The zero-order valence-electron chi connectivity index (χ0n) is 57.6. The summed E-state index contributed by atoms with van der Waals surface area (Å²) in [4.78, 5) is 22.0. The summed E-state index contributed by atoms with van der Waals surface area (Å²) in [7, 11) is 0. The molecule has 0 amide bonds. The Labute approximate surface area is 476 Å². The summed E-state index contributed by atoms with van der Waals surface area (Å²) in [5.41, 5.74) is 4.84. The lowest BCUT2D eigenvalue weighted by molar-refractivity contribution is -0.186. The summed E-state index contributed by atoms with van der Waals surface area (Å²) in [6, 6.07) is 3.24. The maximum atomic E-state index is 2.83. The Hall–Kier alpha value is -0.320. The summed E-state index contributed by atoms with van der Waals surface area (Å²) in [5, 5.41) is 0. The van der Waals surface area contributed by atoms with Gasteiger partial charge in [-0.3, -0.25) is 39.2 Å². The second-order valence-corrected chi connectivity index (χ2v) is 37.1. The van der Waals surface area contributed by atoms with Gasteiger partial charge in [-0.05, 0) is 205 Å². The van der Waals surface area contributed by atoms with E-state index in [1.807, 2.05) is 0 Å². The molecule has 76 heavy (non-hydrogen) atoms. The second-order valence-electron chi connectivity index (χ2n) is 37.1. The second kappa shape index (κ2) is 21.4. The van der Waals surface area contributed by atoms with E-state index in [-0.39, 0.29) is 16.6 Å². The van der Waals surface area contributed by atoms with Crippen LogP contribution in [0.1, 0.15) is 267 Å². The minimum absolute atomic E-state index is 0.264. The topological polar surface area (TPSA) is 25.9 Å². The van der Waals surface area contributed by atoms with Crippen molar-refractivity contribution < 1.29 is 0 Å². The Bertz CT molecular complexity index is 1880. The lowest BCUT2D eigenvalue weighted by Crippen LogP contribution is -2.78. The molecular weight excluding hydrogens is 929 g/mol. The molecule has 2 spiro atoms. The lowest BCUT2D eigenvalue weighted by atomic mass is 9.65. The standard InChI is InChI=1S/C18H36N2.2C17H34N2.C16H32N2/c1-16(2,3)18(7,8)20-12-11-19(17(4,5)6)14-9-10-15(20)13-14;1-15(2,3)17(7,8)19-10-9-18(16(4,5)6)13-11-14(19)12-13;1-14(2,3)16(7,8)18-11-12-19(15(4,5)6)17(13-18)9-10-17;1-13(2,3)15(7,8)18-11-16(12-18)9-17(10-16)14(4,5)6/h14-15H,9-13H2,1-8H3;13-14H,9-12H2,1-8H3;9-13H2,1-8H3;9-12H2,1-8H3. The van der Waals surface area contributed by atoms with Crippen molar-refractivity contribution >= 4 is 0 Å². The summed E-state index contributed by atoms with van der Waals surface area (Å²) < 4.78 is 0. The van der Waals surface area contributed by atoms with Gasteiger partial charge in [-0.1, -0.05) is 83.1 Å². The third-order valence-corrected chi connectivity index (χ3v) is 23.8. The Morgan fingerprint density at radius 3 is 0.947 bits per heavy atom. The predicted octanol–water partition coefficient (Wildman–Crippen LogP) is 14.9. The monoisotopic (exact) mass is 1070 g/mol. The van der Waals surface area contributed by atoms with Gasteiger partial charge in [0.2, 0.25) is 0 Å². The van der Waals surface area contributed by atoms with Gasteiger partial charge < -0.3 is 0 Å². The molecular formula is C68H136N8. The van der Waals surface area contributed by atoms with Gasteiger partial charge in [-0.15, -0.1) is 0 Å². The zero-order valence-corrected chi connectivity index (χ0v) is 57.6. The normalized spacial score (nSPS) is 28.4. The molecule has 3 saturated carbocycles. The molecule has 9 fully saturated rings. The van der Waals surface area contributed by atoms with Gasteiger partial charge in [-0.25, -0.2) is 0 Å². The first-order valence-electron chi connectivity index (χ1n) is 31.8. The Morgan fingerprint density at radius 1 is 0.276 bits per heavy atom. The van der Waals surface area contributed by atoms with E-state index in [1.54, 1.807) is 0 Å². The van der Waals surface area contributed by atoms with Crippen LogP contribution in [0.5, 0.6) is 0 Å². The highest BCUT2D eigenvalue weighted by Gasteiger charge is 2.59. The first-order chi connectivity index (χ1) is 33.7. The first kappa shape index (κ1) is 66.5. The van der Waals surface area contributed by atoms with Crippen LogP contribution in [0.2, 0.25) is 0 Å². The first-order valence-corrected chi connectivity index (χ1v) is 31.8. The van der Waals surface area contributed by atoms with E-state index in [9.17, 15) is 0 Å². The van der Waals surface area contributed by atoms with E-state index in [2.05, 4.69) is 261 Å². The van der Waals surface area contributed by atoms with Crippen LogP contribution in [-0.4, -0.2) is 185 Å². The number of hydrogen-bond donors (Lipinski definition) is 0. The average molecular weight is 1070 g/mol. The van der Waals surface area contributed by atoms with Crippen LogP contribution in [0.4, 0.5) is 0 Å². The van der Waals surface area contributed by atoms with Crippen molar-refractivity contribution in [2.75, 3.05) is 72.0 Å². The molecule has 0 aromatic carbocycles. The Kier molecular flexibility index (Phi) is 18.7. The molecule has 0 aromatic rings. The molecule has 8 nitrogen and oxygen atoms in total. The van der Waals surface area contributed by atoms with Crippen molar-refractivity contribution in [2.24, 2.45) is 27.1 Å². The van der Waals surface area contributed by atoms with Gasteiger partial charge in [0.1, 0.15) is 0 Å². The minimum Gasteiger partial charge on any atom is -0.297 e. The molecule has 6 aliphatic heterocycles. The molecule has 6 saturated heterocycles. The Balaban J connectivity index is 0.000000187. The van der Waals surface area contributed by atoms with Crippen LogP contribution in [0.15, 0.2) is 0 Å². The highest BCUT2D eigenvalue weighted by atomic mass is 15.4. The summed E-state index contributed by atoms with van der Waals surface area (Å²) in [5.74, 6) is 0. The van der Waals surface area contributed by atoms with E-state index >= 15 is 0 Å². The smallest absolute Gasteiger partial charge is 0.0343 e. The summed E-state index contributed by atoms with van der Waals surface area (Å²) in [6.45, 7) is 90.1. The van der Waals surface area contributed by atoms with Crippen molar-refractivity contribution in [2.45, 2.75) is 341 Å². The average Bonchev–Trinajstić information content (AvgIpc) is 3.88. The largest absolute Gasteiger partial charge is 0.297 e. The SMILES string of the molecule is CC(C)(C)N1CC2(C1)CN(C(C)(C)C(C)(C)C)C2.CC(C)(C)N1CCN(C(C)(C)C(C)(C)C)C2CC1C2.CC(C)(C)N1CCN(C(C)(C)C(C)(C)C)C2CCC1C2.CC(C)(C)N1CCN(C(C)(C)C(C)(C)C)CC12CC2. The van der Waals surface area contributed by atoms with Gasteiger partial charge >= 0.3 is 0 Å². The van der Waals surface area contributed by atoms with Crippen molar-refractivity contribution in [1.29, 1.82) is 0 Å². The Morgan fingerprint density at radius 2 is 0.592 bits per heavy atom. The number of piperazine rings is 1. The molecule has 448 valence electrons. The molecule has 9 aliphatic rings. The fourth-order valence-corrected chi connectivity index (χ4v) is 14.4. The highest BCUT2D eigenvalue weighted by molar-refractivity contribution is 5.15. The summed E-state index contributed by atoms with van der Waals surface area (Å²) >= 11 is 0. The van der Waals surface area contributed by atoms with E-state index in [0.717, 1.165) is 24.2 Å². The molecule has 6 heterocycles. The van der Waals surface area contributed by atoms with Crippen LogP contribution in [0, 0.1) is 27.1 Å². The maximum absolute atomic E-state index is 2.83. The zero-order chi connectivity index (χ0) is 58.7.